The molecule has 2 N–H and O–H groups in total. The van der Waals surface area contributed by atoms with Gasteiger partial charge in [0, 0.05) is 30.1 Å². The molecular weight excluding hydrogens is 300 g/mol. The molecule has 1 aromatic heterocycles. The SMILES string of the molecule is CNC(Cc1cn(Cc2ccccc2C)c2ccccc12)C(=O)O. The van der Waals surface area contributed by atoms with E-state index in [2.05, 4.69) is 53.3 Å². The Morgan fingerprint density at radius 1 is 1.12 bits per heavy atom. The van der Waals surface area contributed by atoms with Gasteiger partial charge in [-0.2, -0.15) is 0 Å². The number of fused-ring (bicyclic) bond motifs is 1. The highest BCUT2D eigenvalue weighted by Gasteiger charge is 2.18. The van der Waals surface area contributed by atoms with Gasteiger partial charge in [-0.25, -0.2) is 0 Å². The molecule has 24 heavy (non-hydrogen) atoms. The van der Waals surface area contributed by atoms with Crippen molar-refractivity contribution >= 4 is 16.9 Å². The maximum Gasteiger partial charge on any atom is 0.321 e. The molecule has 3 aromatic rings. The van der Waals surface area contributed by atoms with Crippen molar-refractivity contribution < 1.29 is 9.90 Å². The number of aromatic nitrogens is 1. The zero-order valence-corrected chi connectivity index (χ0v) is 14.0. The Kier molecular flexibility index (Phi) is 4.67. The Morgan fingerprint density at radius 2 is 1.83 bits per heavy atom. The van der Waals surface area contributed by atoms with Crippen molar-refractivity contribution in [2.45, 2.75) is 25.9 Å². The van der Waals surface area contributed by atoms with Crippen LogP contribution in [0.15, 0.2) is 54.7 Å². The number of aliphatic carboxylic acids is 1. The van der Waals surface area contributed by atoms with Crippen LogP contribution in [-0.4, -0.2) is 28.7 Å². The van der Waals surface area contributed by atoms with Crippen LogP contribution in [0.5, 0.6) is 0 Å². The minimum atomic E-state index is -0.826. The molecule has 0 aliphatic heterocycles. The number of nitrogens with one attached hydrogen (secondary N) is 1. The van der Waals surface area contributed by atoms with Crippen LogP contribution in [0, 0.1) is 6.92 Å². The summed E-state index contributed by atoms with van der Waals surface area (Å²) in [7, 11) is 1.69. The second-order valence-corrected chi connectivity index (χ2v) is 6.11. The number of likely N-dealkylation sites (N-methyl/N-ethyl adjacent to an activating group) is 1. The van der Waals surface area contributed by atoms with Gasteiger partial charge < -0.3 is 15.0 Å². The Labute approximate surface area is 141 Å². The zero-order valence-electron chi connectivity index (χ0n) is 14.0. The first kappa shape index (κ1) is 16.3. The standard InChI is InChI=1S/C20H22N2O2/c1-14-7-3-4-8-15(14)12-22-13-16(11-18(21-2)20(23)24)17-9-5-6-10-19(17)22/h3-10,13,18,21H,11-12H2,1-2H3,(H,23,24). The maximum absolute atomic E-state index is 11.3. The van der Waals surface area contributed by atoms with Gasteiger partial charge in [-0.1, -0.05) is 42.5 Å². The van der Waals surface area contributed by atoms with E-state index in [0.29, 0.717) is 6.42 Å². The molecule has 1 heterocycles. The number of nitrogens with zero attached hydrogens (tertiary/aromatic N) is 1. The second kappa shape index (κ2) is 6.89. The smallest absolute Gasteiger partial charge is 0.321 e. The van der Waals surface area contributed by atoms with Gasteiger partial charge in [-0.15, -0.1) is 0 Å². The number of rotatable bonds is 6. The summed E-state index contributed by atoms with van der Waals surface area (Å²) in [5.41, 5.74) is 4.72. The fourth-order valence-corrected chi connectivity index (χ4v) is 3.12. The first-order valence-electron chi connectivity index (χ1n) is 8.11. The number of hydrogen-bond acceptors (Lipinski definition) is 2. The minimum absolute atomic E-state index is 0.465. The highest BCUT2D eigenvalue weighted by molar-refractivity contribution is 5.85. The highest BCUT2D eigenvalue weighted by Crippen LogP contribution is 2.24. The number of carboxylic acids is 1. The van der Waals surface area contributed by atoms with E-state index < -0.39 is 12.0 Å². The Bertz CT molecular complexity index is 867. The van der Waals surface area contributed by atoms with E-state index in [0.717, 1.165) is 23.0 Å². The average Bonchev–Trinajstić information content (AvgIpc) is 2.92. The van der Waals surface area contributed by atoms with Crippen LogP contribution < -0.4 is 5.32 Å². The molecular formula is C20H22N2O2. The molecule has 1 unspecified atom stereocenters. The summed E-state index contributed by atoms with van der Waals surface area (Å²) in [6.07, 6.45) is 2.55. The van der Waals surface area contributed by atoms with E-state index in [4.69, 9.17) is 0 Å². The van der Waals surface area contributed by atoms with Gasteiger partial charge in [0.05, 0.1) is 0 Å². The maximum atomic E-state index is 11.3. The van der Waals surface area contributed by atoms with E-state index >= 15 is 0 Å². The lowest BCUT2D eigenvalue weighted by atomic mass is 10.1. The fourth-order valence-electron chi connectivity index (χ4n) is 3.12. The van der Waals surface area contributed by atoms with Crippen molar-refractivity contribution in [1.29, 1.82) is 0 Å². The third kappa shape index (κ3) is 3.19. The van der Waals surface area contributed by atoms with Crippen molar-refractivity contribution in [3.05, 3.63) is 71.4 Å². The van der Waals surface area contributed by atoms with E-state index in [-0.39, 0.29) is 0 Å². The topological polar surface area (TPSA) is 54.3 Å². The third-order valence-electron chi connectivity index (χ3n) is 4.54. The molecule has 4 nitrogen and oxygen atoms in total. The number of benzene rings is 2. The van der Waals surface area contributed by atoms with Crippen molar-refractivity contribution in [3.8, 4) is 0 Å². The van der Waals surface area contributed by atoms with Crippen LogP contribution >= 0.6 is 0 Å². The first-order chi connectivity index (χ1) is 11.6. The largest absolute Gasteiger partial charge is 0.480 e. The highest BCUT2D eigenvalue weighted by atomic mass is 16.4. The van der Waals surface area contributed by atoms with Crippen LogP contribution in [0.4, 0.5) is 0 Å². The molecule has 4 heteroatoms. The summed E-state index contributed by atoms with van der Waals surface area (Å²) >= 11 is 0. The Hall–Kier alpha value is -2.59. The van der Waals surface area contributed by atoms with Crippen LogP contribution in [0.25, 0.3) is 10.9 Å². The minimum Gasteiger partial charge on any atom is -0.480 e. The summed E-state index contributed by atoms with van der Waals surface area (Å²) in [6, 6.07) is 15.9. The molecule has 3 rings (SSSR count). The summed E-state index contributed by atoms with van der Waals surface area (Å²) in [4.78, 5) is 11.3. The normalized spacial score (nSPS) is 12.4. The van der Waals surface area contributed by atoms with E-state index in [1.165, 1.54) is 11.1 Å². The van der Waals surface area contributed by atoms with Crippen molar-refractivity contribution in [2.24, 2.45) is 0 Å². The molecule has 2 aromatic carbocycles. The molecule has 124 valence electrons. The Balaban J connectivity index is 2.00. The van der Waals surface area contributed by atoms with Crippen molar-refractivity contribution in [1.82, 2.24) is 9.88 Å². The molecule has 0 aliphatic carbocycles. The number of aryl methyl sites for hydroxylation is 1. The van der Waals surface area contributed by atoms with Gasteiger partial charge in [0.15, 0.2) is 0 Å². The first-order valence-corrected chi connectivity index (χ1v) is 8.11. The van der Waals surface area contributed by atoms with Crippen LogP contribution in [0.1, 0.15) is 16.7 Å². The quantitative estimate of drug-likeness (QED) is 0.733. The number of carboxylic acid groups (broad SMARTS) is 1. The van der Waals surface area contributed by atoms with Crippen LogP contribution in [-0.2, 0) is 17.8 Å². The van der Waals surface area contributed by atoms with Crippen molar-refractivity contribution in [2.75, 3.05) is 7.05 Å². The third-order valence-corrected chi connectivity index (χ3v) is 4.54. The number of hydrogen-bond donors (Lipinski definition) is 2. The summed E-state index contributed by atoms with van der Waals surface area (Å²) < 4.78 is 2.21. The van der Waals surface area contributed by atoms with Gasteiger partial charge >= 0.3 is 5.97 Å². The lowest BCUT2D eigenvalue weighted by Gasteiger charge is -2.10. The van der Waals surface area contributed by atoms with Gasteiger partial charge in [0.25, 0.3) is 0 Å². The molecule has 1 atom stereocenters. The molecule has 0 fully saturated rings. The molecule has 0 radical (unpaired) electrons. The molecule has 0 aliphatic rings. The lowest BCUT2D eigenvalue weighted by Crippen LogP contribution is -2.35. The van der Waals surface area contributed by atoms with Crippen molar-refractivity contribution in [3.63, 3.8) is 0 Å². The van der Waals surface area contributed by atoms with E-state index in [9.17, 15) is 9.90 Å². The predicted molar refractivity (Wildman–Crippen MR) is 96.4 cm³/mol. The fraction of sp³-hybridized carbons (Fsp3) is 0.250. The van der Waals surface area contributed by atoms with E-state index in [1.807, 2.05) is 18.2 Å². The average molecular weight is 322 g/mol. The van der Waals surface area contributed by atoms with E-state index in [1.54, 1.807) is 7.05 Å². The summed E-state index contributed by atoms with van der Waals surface area (Å²) in [5.74, 6) is -0.826. The second-order valence-electron chi connectivity index (χ2n) is 6.11. The van der Waals surface area contributed by atoms with Crippen LogP contribution in [0.2, 0.25) is 0 Å². The number of para-hydroxylation sites is 1. The lowest BCUT2D eigenvalue weighted by molar-refractivity contribution is -0.139. The molecule has 0 amide bonds. The molecule has 0 saturated heterocycles. The summed E-state index contributed by atoms with van der Waals surface area (Å²) in [5, 5.41) is 13.3. The zero-order chi connectivity index (χ0) is 17.1. The molecule has 0 bridgehead atoms. The Morgan fingerprint density at radius 3 is 2.54 bits per heavy atom. The monoisotopic (exact) mass is 322 g/mol. The van der Waals surface area contributed by atoms with Gasteiger partial charge in [-0.3, -0.25) is 4.79 Å². The predicted octanol–water partition coefficient (Wildman–Crippen LogP) is 3.21. The van der Waals surface area contributed by atoms with Crippen LogP contribution in [0.3, 0.4) is 0 Å². The van der Waals surface area contributed by atoms with Gasteiger partial charge in [0.2, 0.25) is 0 Å². The van der Waals surface area contributed by atoms with Gasteiger partial charge in [0.1, 0.15) is 6.04 Å². The molecule has 0 saturated carbocycles. The molecule has 0 spiro atoms. The summed E-state index contributed by atoms with van der Waals surface area (Å²) in [6.45, 7) is 2.90. The van der Waals surface area contributed by atoms with Gasteiger partial charge in [-0.05, 0) is 36.7 Å². The number of carbonyl (C=O) groups is 1.